The molecule has 3 amide bonds. The van der Waals surface area contributed by atoms with Crippen LogP contribution < -0.4 is 16.2 Å². The Hall–Kier alpha value is -2.41. The molecule has 0 fully saturated rings. The van der Waals surface area contributed by atoms with E-state index in [1.807, 2.05) is 18.4 Å². The fourth-order valence-electron chi connectivity index (χ4n) is 1.75. The number of nitrogens with one attached hydrogen (secondary N) is 3. The normalized spacial score (nSPS) is 10.1. The standard InChI is InChI=1S/C15H16FN3O2S/c1-10-6-7-22-13(10)9-17-15(21)19-18-14(20)8-11-2-4-12(16)5-3-11/h2-7H,8-9H2,1H3,(H,18,20)(H2,17,19,21). The van der Waals surface area contributed by atoms with Gasteiger partial charge in [-0.3, -0.25) is 10.2 Å². The van der Waals surface area contributed by atoms with Crippen LogP contribution in [0.3, 0.4) is 0 Å². The molecule has 0 aliphatic rings. The molecule has 0 unspecified atom stereocenters. The quantitative estimate of drug-likeness (QED) is 0.756. The first kappa shape index (κ1) is 16.0. The maximum atomic E-state index is 12.7. The molecule has 0 saturated heterocycles. The smallest absolute Gasteiger partial charge is 0.332 e. The van der Waals surface area contributed by atoms with E-state index in [0.717, 1.165) is 10.4 Å². The third-order valence-corrected chi connectivity index (χ3v) is 3.99. The first-order chi connectivity index (χ1) is 10.5. The van der Waals surface area contributed by atoms with Crippen LogP contribution in [0, 0.1) is 12.7 Å². The summed E-state index contributed by atoms with van der Waals surface area (Å²) in [6, 6.07) is 7.10. The zero-order valence-electron chi connectivity index (χ0n) is 12.0. The van der Waals surface area contributed by atoms with Crippen LogP contribution in [0.4, 0.5) is 9.18 Å². The minimum absolute atomic E-state index is 0.0601. The van der Waals surface area contributed by atoms with Crippen LogP contribution in [0.1, 0.15) is 16.0 Å². The summed E-state index contributed by atoms with van der Waals surface area (Å²) in [5, 5.41) is 4.60. The molecular formula is C15H16FN3O2S. The van der Waals surface area contributed by atoms with Crippen molar-refractivity contribution in [2.24, 2.45) is 0 Å². The van der Waals surface area contributed by atoms with Gasteiger partial charge in [-0.15, -0.1) is 11.3 Å². The van der Waals surface area contributed by atoms with E-state index in [4.69, 9.17) is 0 Å². The van der Waals surface area contributed by atoms with E-state index in [9.17, 15) is 14.0 Å². The van der Waals surface area contributed by atoms with E-state index in [1.54, 1.807) is 11.3 Å². The number of benzene rings is 1. The molecule has 1 aromatic carbocycles. The molecule has 3 N–H and O–H groups in total. The summed E-state index contributed by atoms with van der Waals surface area (Å²) in [6.07, 6.45) is 0.0601. The highest BCUT2D eigenvalue weighted by Gasteiger charge is 2.07. The average Bonchev–Trinajstić information content (AvgIpc) is 2.91. The monoisotopic (exact) mass is 321 g/mol. The second-order valence-electron chi connectivity index (χ2n) is 4.69. The van der Waals surface area contributed by atoms with Crippen LogP contribution in [0.15, 0.2) is 35.7 Å². The van der Waals surface area contributed by atoms with Gasteiger partial charge in [0, 0.05) is 4.88 Å². The van der Waals surface area contributed by atoms with Gasteiger partial charge in [-0.1, -0.05) is 12.1 Å². The highest BCUT2D eigenvalue weighted by atomic mass is 32.1. The van der Waals surface area contributed by atoms with Gasteiger partial charge in [0.2, 0.25) is 5.91 Å². The number of amides is 3. The lowest BCUT2D eigenvalue weighted by molar-refractivity contribution is -0.121. The lowest BCUT2D eigenvalue weighted by Gasteiger charge is -2.09. The van der Waals surface area contributed by atoms with Gasteiger partial charge in [0.05, 0.1) is 13.0 Å². The highest BCUT2D eigenvalue weighted by molar-refractivity contribution is 7.10. The third kappa shape index (κ3) is 4.85. The molecule has 1 heterocycles. The van der Waals surface area contributed by atoms with Gasteiger partial charge in [0.25, 0.3) is 0 Å². The van der Waals surface area contributed by atoms with Crippen molar-refractivity contribution < 1.29 is 14.0 Å². The SMILES string of the molecule is Cc1ccsc1CNC(=O)NNC(=O)Cc1ccc(F)cc1. The van der Waals surface area contributed by atoms with E-state index >= 15 is 0 Å². The van der Waals surface area contributed by atoms with Crippen LogP contribution in [-0.4, -0.2) is 11.9 Å². The molecule has 0 saturated carbocycles. The van der Waals surface area contributed by atoms with Crippen molar-refractivity contribution in [3.05, 3.63) is 57.5 Å². The molecule has 0 bridgehead atoms. The number of carbonyl (C=O) groups is 2. The molecule has 116 valence electrons. The lowest BCUT2D eigenvalue weighted by Crippen LogP contribution is -2.47. The van der Waals surface area contributed by atoms with Crippen molar-refractivity contribution in [1.29, 1.82) is 0 Å². The van der Waals surface area contributed by atoms with Crippen molar-refractivity contribution in [3.8, 4) is 0 Å². The largest absolute Gasteiger partial charge is 0.333 e. The number of halogens is 1. The lowest BCUT2D eigenvalue weighted by atomic mass is 10.1. The van der Waals surface area contributed by atoms with Gasteiger partial charge in [0.1, 0.15) is 5.82 Å². The number of hydrazine groups is 1. The number of thiophene rings is 1. The van der Waals surface area contributed by atoms with Crippen molar-refractivity contribution >= 4 is 23.3 Å². The Morgan fingerprint density at radius 3 is 2.50 bits per heavy atom. The number of carbonyl (C=O) groups excluding carboxylic acids is 2. The van der Waals surface area contributed by atoms with Crippen molar-refractivity contribution in [3.63, 3.8) is 0 Å². The predicted molar refractivity (Wildman–Crippen MR) is 82.7 cm³/mol. The topological polar surface area (TPSA) is 70.2 Å². The maximum absolute atomic E-state index is 12.7. The second kappa shape index (κ2) is 7.56. The highest BCUT2D eigenvalue weighted by Crippen LogP contribution is 2.14. The van der Waals surface area contributed by atoms with E-state index in [2.05, 4.69) is 16.2 Å². The summed E-state index contributed by atoms with van der Waals surface area (Å²) in [5.41, 5.74) is 6.35. The minimum Gasteiger partial charge on any atom is -0.332 e. The van der Waals surface area contributed by atoms with Gasteiger partial charge >= 0.3 is 6.03 Å². The molecule has 0 aliphatic carbocycles. The Bertz CT molecular complexity index is 655. The molecule has 1 aromatic heterocycles. The van der Waals surface area contributed by atoms with E-state index in [-0.39, 0.29) is 18.1 Å². The number of rotatable bonds is 4. The Morgan fingerprint density at radius 1 is 1.14 bits per heavy atom. The molecule has 0 spiro atoms. The van der Waals surface area contributed by atoms with Gasteiger partial charge in [-0.05, 0) is 41.6 Å². The molecule has 7 heteroatoms. The van der Waals surface area contributed by atoms with Gasteiger partial charge in [-0.2, -0.15) is 0 Å². The zero-order valence-corrected chi connectivity index (χ0v) is 12.8. The first-order valence-corrected chi connectivity index (χ1v) is 7.52. The molecule has 0 atom stereocenters. The predicted octanol–water partition coefficient (Wildman–Crippen LogP) is 2.27. The summed E-state index contributed by atoms with van der Waals surface area (Å²) in [5.74, 6) is -0.736. The molecule has 2 rings (SSSR count). The number of hydrogen-bond acceptors (Lipinski definition) is 3. The summed E-state index contributed by atoms with van der Waals surface area (Å²) in [4.78, 5) is 24.3. The third-order valence-electron chi connectivity index (χ3n) is 2.97. The van der Waals surface area contributed by atoms with E-state index in [1.165, 1.54) is 24.3 Å². The molecule has 5 nitrogen and oxygen atoms in total. The Morgan fingerprint density at radius 2 is 1.86 bits per heavy atom. The summed E-state index contributed by atoms with van der Waals surface area (Å²) in [7, 11) is 0. The van der Waals surface area contributed by atoms with Crippen molar-refractivity contribution in [2.45, 2.75) is 19.9 Å². The fourth-order valence-corrected chi connectivity index (χ4v) is 2.59. The molecule has 0 aliphatic heterocycles. The number of aryl methyl sites for hydroxylation is 1. The zero-order chi connectivity index (χ0) is 15.9. The van der Waals surface area contributed by atoms with Crippen LogP contribution in [0.25, 0.3) is 0 Å². The minimum atomic E-state index is -0.486. The summed E-state index contributed by atoms with van der Waals surface area (Å²) in [6.45, 7) is 2.37. The van der Waals surface area contributed by atoms with Crippen molar-refractivity contribution in [2.75, 3.05) is 0 Å². The summed E-state index contributed by atoms with van der Waals surface area (Å²) < 4.78 is 12.7. The molecule has 2 aromatic rings. The Balaban J connectivity index is 1.70. The van der Waals surface area contributed by atoms with E-state index in [0.29, 0.717) is 12.1 Å². The van der Waals surface area contributed by atoms with E-state index < -0.39 is 6.03 Å². The van der Waals surface area contributed by atoms with Crippen LogP contribution >= 0.6 is 11.3 Å². The van der Waals surface area contributed by atoms with Gasteiger partial charge < -0.3 is 5.32 Å². The van der Waals surface area contributed by atoms with Gasteiger partial charge in [0.15, 0.2) is 0 Å². The molecular weight excluding hydrogens is 305 g/mol. The molecule has 22 heavy (non-hydrogen) atoms. The molecule has 0 radical (unpaired) electrons. The van der Waals surface area contributed by atoms with Crippen molar-refractivity contribution in [1.82, 2.24) is 16.2 Å². The second-order valence-corrected chi connectivity index (χ2v) is 5.69. The average molecular weight is 321 g/mol. The Labute approximate surface area is 131 Å². The van der Waals surface area contributed by atoms with Gasteiger partial charge in [-0.25, -0.2) is 14.6 Å². The fraction of sp³-hybridized carbons (Fsp3) is 0.200. The Kier molecular flexibility index (Phi) is 5.48. The number of hydrogen-bond donors (Lipinski definition) is 3. The number of urea groups is 1. The summed E-state index contributed by atoms with van der Waals surface area (Å²) >= 11 is 1.56. The maximum Gasteiger partial charge on any atom is 0.333 e. The van der Waals surface area contributed by atoms with Crippen LogP contribution in [0.2, 0.25) is 0 Å². The van der Waals surface area contributed by atoms with Crippen LogP contribution in [-0.2, 0) is 17.8 Å². The first-order valence-electron chi connectivity index (χ1n) is 6.64. The van der Waals surface area contributed by atoms with Crippen LogP contribution in [0.5, 0.6) is 0 Å².